The van der Waals surface area contributed by atoms with Crippen molar-refractivity contribution in [1.82, 2.24) is 4.57 Å². The SMILES string of the molecule is COC(=O)c1ccn2c1CC(C=O)C2=O. The molecule has 1 aliphatic rings. The summed E-state index contributed by atoms with van der Waals surface area (Å²) < 4.78 is 5.91. The van der Waals surface area contributed by atoms with E-state index in [1.807, 2.05) is 0 Å². The first-order chi connectivity index (χ1) is 7.19. The average Bonchev–Trinajstić information content (AvgIpc) is 2.78. The molecule has 2 rings (SSSR count). The van der Waals surface area contributed by atoms with Crippen molar-refractivity contribution < 1.29 is 19.1 Å². The molecular formula is C10H9NO4. The number of carbonyl (C=O) groups is 3. The number of hydrogen-bond acceptors (Lipinski definition) is 4. The maximum absolute atomic E-state index is 11.5. The monoisotopic (exact) mass is 207 g/mol. The van der Waals surface area contributed by atoms with E-state index in [0.29, 0.717) is 17.5 Å². The van der Waals surface area contributed by atoms with Gasteiger partial charge in [0.1, 0.15) is 6.29 Å². The molecule has 78 valence electrons. The van der Waals surface area contributed by atoms with Gasteiger partial charge in [0.25, 0.3) is 0 Å². The molecule has 1 atom stereocenters. The van der Waals surface area contributed by atoms with Crippen LogP contribution in [-0.4, -0.2) is 29.8 Å². The fraction of sp³-hybridized carbons (Fsp3) is 0.300. The second kappa shape index (κ2) is 3.34. The van der Waals surface area contributed by atoms with E-state index in [0.717, 1.165) is 0 Å². The fourth-order valence-corrected chi connectivity index (χ4v) is 1.76. The molecule has 1 aromatic rings. The Morgan fingerprint density at radius 1 is 1.67 bits per heavy atom. The third-order valence-corrected chi connectivity index (χ3v) is 2.53. The van der Waals surface area contributed by atoms with Crippen LogP contribution in [0.2, 0.25) is 0 Å². The minimum atomic E-state index is -0.662. The fourth-order valence-electron chi connectivity index (χ4n) is 1.76. The Hall–Kier alpha value is -1.91. The lowest BCUT2D eigenvalue weighted by Gasteiger charge is -1.98. The molecule has 2 heterocycles. The van der Waals surface area contributed by atoms with Crippen LogP contribution in [0.15, 0.2) is 12.3 Å². The second-order valence-corrected chi connectivity index (χ2v) is 3.32. The lowest BCUT2D eigenvalue weighted by Crippen LogP contribution is -2.14. The Kier molecular flexibility index (Phi) is 2.15. The highest BCUT2D eigenvalue weighted by atomic mass is 16.5. The van der Waals surface area contributed by atoms with Gasteiger partial charge in [-0.2, -0.15) is 0 Å². The second-order valence-electron chi connectivity index (χ2n) is 3.32. The molecule has 1 unspecified atom stereocenters. The van der Waals surface area contributed by atoms with Gasteiger partial charge in [0, 0.05) is 18.3 Å². The normalized spacial score (nSPS) is 18.7. The molecule has 1 aliphatic heterocycles. The minimum absolute atomic E-state index is 0.278. The van der Waals surface area contributed by atoms with Gasteiger partial charge in [0.15, 0.2) is 0 Å². The van der Waals surface area contributed by atoms with E-state index in [2.05, 4.69) is 4.74 Å². The Bertz CT molecular complexity index is 446. The molecule has 0 N–H and O–H groups in total. The highest BCUT2D eigenvalue weighted by molar-refractivity contribution is 6.00. The van der Waals surface area contributed by atoms with Gasteiger partial charge in [-0.3, -0.25) is 9.36 Å². The van der Waals surface area contributed by atoms with Crippen LogP contribution in [0.4, 0.5) is 0 Å². The van der Waals surface area contributed by atoms with Gasteiger partial charge in [-0.05, 0) is 6.07 Å². The molecule has 0 spiro atoms. The molecular weight excluding hydrogens is 198 g/mol. The summed E-state index contributed by atoms with van der Waals surface area (Å²) in [4.78, 5) is 33.4. The maximum Gasteiger partial charge on any atom is 0.339 e. The number of nitrogens with zero attached hydrogens (tertiary/aromatic N) is 1. The van der Waals surface area contributed by atoms with E-state index in [1.165, 1.54) is 23.9 Å². The molecule has 0 aliphatic carbocycles. The number of aldehydes is 1. The minimum Gasteiger partial charge on any atom is -0.465 e. The van der Waals surface area contributed by atoms with E-state index in [-0.39, 0.29) is 12.3 Å². The van der Waals surface area contributed by atoms with E-state index in [9.17, 15) is 14.4 Å². The van der Waals surface area contributed by atoms with Crippen LogP contribution in [0.5, 0.6) is 0 Å². The summed E-state index contributed by atoms with van der Waals surface area (Å²) in [5.74, 6) is -1.43. The van der Waals surface area contributed by atoms with Crippen molar-refractivity contribution in [2.45, 2.75) is 6.42 Å². The first-order valence-corrected chi connectivity index (χ1v) is 4.47. The van der Waals surface area contributed by atoms with Crippen molar-refractivity contribution in [2.75, 3.05) is 7.11 Å². The number of ether oxygens (including phenoxy) is 1. The first-order valence-electron chi connectivity index (χ1n) is 4.47. The van der Waals surface area contributed by atoms with Crippen LogP contribution in [0, 0.1) is 5.92 Å². The molecule has 0 bridgehead atoms. The van der Waals surface area contributed by atoms with Crippen molar-refractivity contribution in [3.63, 3.8) is 0 Å². The quantitative estimate of drug-likeness (QED) is 0.397. The van der Waals surface area contributed by atoms with E-state index in [1.54, 1.807) is 0 Å². The van der Waals surface area contributed by atoms with Crippen LogP contribution < -0.4 is 0 Å². The molecule has 1 aromatic heterocycles. The zero-order valence-electron chi connectivity index (χ0n) is 8.10. The van der Waals surface area contributed by atoms with E-state index < -0.39 is 11.9 Å². The highest BCUT2D eigenvalue weighted by Gasteiger charge is 2.33. The summed E-state index contributed by atoms with van der Waals surface area (Å²) >= 11 is 0. The molecule has 15 heavy (non-hydrogen) atoms. The number of hydrogen-bond donors (Lipinski definition) is 0. The summed E-state index contributed by atoms with van der Waals surface area (Å²) in [5.41, 5.74) is 0.916. The standard InChI is InChI=1S/C10H9NO4/c1-15-10(14)7-2-3-11-8(7)4-6(5-12)9(11)13/h2-3,5-6H,4H2,1H3. The molecule has 0 aromatic carbocycles. The lowest BCUT2D eigenvalue weighted by atomic mass is 10.1. The predicted octanol–water partition coefficient (Wildman–Crippen LogP) is 0.286. The molecule has 0 saturated heterocycles. The van der Waals surface area contributed by atoms with Crippen molar-refractivity contribution in [3.05, 3.63) is 23.5 Å². The third-order valence-electron chi connectivity index (χ3n) is 2.53. The van der Waals surface area contributed by atoms with E-state index in [4.69, 9.17) is 0 Å². The van der Waals surface area contributed by atoms with Gasteiger partial charge in [-0.15, -0.1) is 0 Å². The largest absolute Gasteiger partial charge is 0.465 e. The highest BCUT2D eigenvalue weighted by Crippen LogP contribution is 2.24. The maximum atomic E-state index is 11.5. The van der Waals surface area contributed by atoms with Crippen LogP contribution in [-0.2, 0) is 16.0 Å². The lowest BCUT2D eigenvalue weighted by molar-refractivity contribution is -0.109. The summed E-state index contributed by atoms with van der Waals surface area (Å²) in [7, 11) is 1.28. The zero-order chi connectivity index (χ0) is 11.0. The zero-order valence-corrected chi connectivity index (χ0v) is 8.10. The predicted molar refractivity (Wildman–Crippen MR) is 49.7 cm³/mol. The van der Waals surface area contributed by atoms with Crippen molar-refractivity contribution in [2.24, 2.45) is 5.92 Å². The van der Waals surface area contributed by atoms with Gasteiger partial charge in [-0.1, -0.05) is 0 Å². The van der Waals surface area contributed by atoms with Crippen LogP contribution >= 0.6 is 0 Å². The Balaban J connectivity index is 2.43. The molecule has 0 fully saturated rings. The number of rotatable bonds is 2. The molecule has 5 nitrogen and oxygen atoms in total. The first kappa shape index (κ1) is 9.64. The summed E-state index contributed by atoms with van der Waals surface area (Å²) in [6.07, 6.45) is 2.38. The van der Waals surface area contributed by atoms with Gasteiger partial charge in [0.05, 0.1) is 18.6 Å². The Morgan fingerprint density at radius 3 is 3.00 bits per heavy atom. The summed E-state index contributed by atoms with van der Waals surface area (Å²) in [6.45, 7) is 0. The van der Waals surface area contributed by atoms with Crippen molar-refractivity contribution in [1.29, 1.82) is 0 Å². The summed E-state index contributed by atoms with van der Waals surface area (Å²) in [5, 5.41) is 0. The summed E-state index contributed by atoms with van der Waals surface area (Å²) in [6, 6.07) is 1.53. The van der Waals surface area contributed by atoms with Gasteiger partial charge < -0.3 is 9.53 Å². The van der Waals surface area contributed by atoms with Crippen LogP contribution in [0.1, 0.15) is 20.8 Å². The number of esters is 1. The van der Waals surface area contributed by atoms with Gasteiger partial charge in [0.2, 0.25) is 5.91 Å². The molecule has 5 heteroatoms. The van der Waals surface area contributed by atoms with E-state index >= 15 is 0 Å². The average molecular weight is 207 g/mol. The Labute approximate surface area is 85.6 Å². The molecule has 0 amide bonds. The third kappa shape index (κ3) is 1.27. The van der Waals surface area contributed by atoms with Gasteiger partial charge in [-0.25, -0.2) is 4.79 Å². The van der Waals surface area contributed by atoms with Gasteiger partial charge >= 0.3 is 5.97 Å². The van der Waals surface area contributed by atoms with Crippen molar-refractivity contribution in [3.8, 4) is 0 Å². The number of methoxy groups -OCH3 is 1. The van der Waals surface area contributed by atoms with Crippen molar-refractivity contribution >= 4 is 18.2 Å². The smallest absolute Gasteiger partial charge is 0.339 e. The number of fused-ring (bicyclic) bond motifs is 1. The topological polar surface area (TPSA) is 65.4 Å². The van der Waals surface area contributed by atoms with Crippen LogP contribution in [0.25, 0.3) is 0 Å². The van der Waals surface area contributed by atoms with Crippen LogP contribution in [0.3, 0.4) is 0 Å². The number of aromatic nitrogens is 1. The Morgan fingerprint density at radius 2 is 2.40 bits per heavy atom. The molecule has 0 saturated carbocycles. The molecule has 0 radical (unpaired) electrons. The number of carbonyl (C=O) groups excluding carboxylic acids is 3.